The number of H-pyrrole nitrogens is 1. The maximum Gasteiger partial charge on any atom is 0.265 e. The number of halogens is 1. The van der Waals surface area contributed by atoms with E-state index in [1.165, 1.54) is 11.3 Å². The van der Waals surface area contributed by atoms with Crippen LogP contribution in [0.4, 0.5) is 5.69 Å². The Bertz CT molecular complexity index is 1260. The van der Waals surface area contributed by atoms with Gasteiger partial charge in [-0.2, -0.15) is 0 Å². The normalized spacial score (nSPS) is 13.3. The van der Waals surface area contributed by atoms with Gasteiger partial charge in [0.15, 0.2) is 0 Å². The minimum Gasteiger partial charge on any atom is -0.358 e. The molecule has 30 heavy (non-hydrogen) atoms. The van der Waals surface area contributed by atoms with Crippen molar-refractivity contribution in [3.8, 4) is 0 Å². The van der Waals surface area contributed by atoms with Gasteiger partial charge in [-0.15, -0.1) is 11.3 Å². The molecule has 2 amide bonds. The second-order valence-electron chi connectivity index (χ2n) is 7.23. The van der Waals surface area contributed by atoms with E-state index in [4.69, 9.17) is 11.6 Å². The van der Waals surface area contributed by atoms with Crippen molar-refractivity contribution < 1.29 is 9.59 Å². The molecule has 1 aliphatic heterocycles. The molecule has 5 nitrogen and oxygen atoms in total. The Morgan fingerprint density at radius 2 is 1.97 bits per heavy atom. The summed E-state index contributed by atoms with van der Waals surface area (Å²) in [5.74, 6) is -0.309. The van der Waals surface area contributed by atoms with Gasteiger partial charge in [0.25, 0.3) is 11.8 Å². The van der Waals surface area contributed by atoms with E-state index in [1.807, 2.05) is 46.7 Å². The summed E-state index contributed by atoms with van der Waals surface area (Å²) in [5, 5.41) is 6.46. The van der Waals surface area contributed by atoms with Crippen LogP contribution in [0, 0.1) is 0 Å². The van der Waals surface area contributed by atoms with E-state index in [2.05, 4.69) is 10.3 Å². The third kappa shape index (κ3) is 3.38. The first-order chi connectivity index (χ1) is 14.6. The lowest BCUT2D eigenvalue weighted by Gasteiger charge is -2.28. The van der Waals surface area contributed by atoms with Gasteiger partial charge in [0.05, 0.1) is 16.1 Å². The molecule has 2 aromatic heterocycles. The van der Waals surface area contributed by atoms with Gasteiger partial charge >= 0.3 is 0 Å². The number of thiophene rings is 1. The first-order valence-corrected chi connectivity index (χ1v) is 10.9. The van der Waals surface area contributed by atoms with Crippen LogP contribution in [0.3, 0.4) is 0 Å². The van der Waals surface area contributed by atoms with E-state index >= 15 is 0 Å². The number of nitrogens with zero attached hydrogens (tertiary/aromatic N) is 1. The number of carbonyl (C=O) groups is 2. The molecule has 3 heterocycles. The molecule has 0 atom stereocenters. The first-order valence-electron chi connectivity index (χ1n) is 9.62. The number of rotatable bonds is 3. The van der Waals surface area contributed by atoms with Crippen LogP contribution in [0.25, 0.3) is 10.9 Å². The van der Waals surface area contributed by atoms with E-state index in [0.29, 0.717) is 34.2 Å². The van der Waals surface area contributed by atoms with Gasteiger partial charge in [-0.05, 0) is 41.8 Å². The first kappa shape index (κ1) is 18.9. The van der Waals surface area contributed by atoms with Crippen LogP contribution in [-0.2, 0) is 13.0 Å². The van der Waals surface area contributed by atoms with Gasteiger partial charge in [0.1, 0.15) is 0 Å². The zero-order valence-corrected chi connectivity index (χ0v) is 17.5. The predicted molar refractivity (Wildman–Crippen MR) is 120 cm³/mol. The molecule has 4 aromatic rings. The molecule has 0 aliphatic carbocycles. The number of benzene rings is 2. The second kappa shape index (κ2) is 7.63. The van der Waals surface area contributed by atoms with Crippen molar-refractivity contribution in [3.05, 3.63) is 86.7 Å². The highest BCUT2D eigenvalue weighted by molar-refractivity contribution is 7.12. The Labute approximate surface area is 182 Å². The fourth-order valence-electron chi connectivity index (χ4n) is 3.90. The summed E-state index contributed by atoms with van der Waals surface area (Å²) < 4.78 is 0. The summed E-state index contributed by atoms with van der Waals surface area (Å²) >= 11 is 7.56. The highest BCUT2D eigenvalue weighted by Crippen LogP contribution is 2.31. The van der Waals surface area contributed by atoms with Gasteiger partial charge in [0, 0.05) is 46.7 Å². The lowest BCUT2D eigenvalue weighted by molar-refractivity contribution is 0.0736. The highest BCUT2D eigenvalue weighted by atomic mass is 35.5. The lowest BCUT2D eigenvalue weighted by atomic mass is 10.0. The van der Waals surface area contributed by atoms with Crippen LogP contribution in [0.2, 0.25) is 5.02 Å². The van der Waals surface area contributed by atoms with E-state index in [0.717, 1.165) is 28.6 Å². The Balaban J connectivity index is 1.43. The molecule has 7 heteroatoms. The fourth-order valence-corrected chi connectivity index (χ4v) is 4.69. The number of anilines is 1. The second-order valence-corrected chi connectivity index (χ2v) is 8.61. The van der Waals surface area contributed by atoms with Crippen LogP contribution in [0.15, 0.2) is 60.0 Å². The van der Waals surface area contributed by atoms with Crippen molar-refractivity contribution in [1.82, 2.24) is 9.88 Å². The smallest absolute Gasteiger partial charge is 0.265 e. The number of fused-ring (bicyclic) bond motifs is 3. The summed E-state index contributed by atoms with van der Waals surface area (Å²) in [6.07, 6.45) is 0.747. The maximum atomic E-state index is 13.4. The van der Waals surface area contributed by atoms with Gasteiger partial charge in [-0.25, -0.2) is 0 Å². The molecule has 0 unspecified atom stereocenters. The third-order valence-corrected chi connectivity index (χ3v) is 6.48. The van der Waals surface area contributed by atoms with E-state index in [-0.39, 0.29) is 11.8 Å². The average Bonchev–Trinajstić information content (AvgIpc) is 3.41. The Hall–Kier alpha value is -3.09. The molecule has 0 saturated heterocycles. The largest absolute Gasteiger partial charge is 0.358 e. The van der Waals surface area contributed by atoms with Crippen LogP contribution in [-0.4, -0.2) is 28.2 Å². The quantitative estimate of drug-likeness (QED) is 0.456. The molecule has 0 fully saturated rings. The van der Waals surface area contributed by atoms with Crippen molar-refractivity contribution in [2.45, 2.75) is 13.0 Å². The molecule has 0 radical (unpaired) electrons. The standard InChI is InChI=1S/C23H18ClN3O2S/c24-14-7-8-19-16(12-14)17-13-27(10-9-20(17)25-19)23(29)15-4-1-2-5-18(15)26-22(28)21-6-3-11-30-21/h1-8,11-12,25H,9-10,13H2,(H,26,28). The molecular formula is C23H18ClN3O2S. The van der Waals surface area contributed by atoms with Crippen molar-refractivity contribution in [3.63, 3.8) is 0 Å². The number of para-hydroxylation sites is 1. The van der Waals surface area contributed by atoms with Crippen LogP contribution >= 0.6 is 22.9 Å². The number of aromatic amines is 1. The molecule has 0 spiro atoms. The SMILES string of the molecule is O=C(Nc1ccccc1C(=O)N1CCc2[nH]c3ccc(Cl)cc3c2C1)c1cccs1. The number of hydrogen-bond donors (Lipinski definition) is 2. The molecular weight excluding hydrogens is 418 g/mol. The zero-order valence-electron chi connectivity index (χ0n) is 15.9. The van der Waals surface area contributed by atoms with Crippen molar-refractivity contribution in [1.29, 1.82) is 0 Å². The number of aromatic nitrogens is 1. The number of amides is 2. The van der Waals surface area contributed by atoms with Gasteiger partial charge < -0.3 is 15.2 Å². The summed E-state index contributed by atoms with van der Waals surface area (Å²) in [6.45, 7) is 1.11. The molecule has 2 aromatic carbocycles. The summed E-state index contributed by atoms with van der Waals surface area (Å²) in [4.78, 5) is 31.7. The van der Waals surface area contributed by atoms with Crippen molar-refractivity contribution in [2.24, 2.45) is 0 Å². The number of hydrogen-bond acceptors (Lipinski definition) is 3. The predicted octanol–water partition coefficient (Wildman–Crippen LogP) is 5.33. The van der Waals surface area contributed by atoms with Crippen molar-refractivity contribution in [2.75, 3.05) is 11.9 Å². The summed E-state index contributed by atoms with van der Waals surface area (Å²) in [6, 6.07) is 16.5. The maximum absolute atomic E-state index is 13.4. The number of carbonyl (C=O) groups excluding carboxylic acids is 2. The Morgan fingerprint density at radius 3 is 2.80 bits per heavy atom. The molecule has 0 saturated carbocycles. The summed E-state index contributed by atoms with van der Waals surface area (Å²) in [5.41, 5.74) is 4.29. The van der Waals surface area contributed by atoms with Crippen LogP contribution in [0.1, 0.15) is 31.3 Å². The molecule has 1 aliphatic rings. The van der Waals surface area contributed by atoms with Gasteiger partial charge in [-0.3, -0.25) is 9.59 Å². The zero-order chi connectivity index (χ0) is 20.7. The minimum absolute atomic E-state index is 0.0980. The van der Waals surface area contributed by atoms with Gasteiger partial charge in [-0.1, -0.05) is 29.8 Å². The molecule has 0 bridgehead atoms. The van der Waals surface area contributed by atoms with Crippen molar-refractivity contribution >= 4 is 51.3 Å². The van der Waals surface area contributed by atoms with E-state index in [1.54, 1.807) is 18.2 Å². The molecule has 150 valence electrons. The molecule has 5 rings (SSSR count). The average molecular weight is 436 g/mol. The van der Waals surface area contributed by atoms with Crippen LogP contribution < -0.4 is 5.32 Å². The van der Waals surface area contributed by atoms with Gasteiger partial charge in [0.2, 0.25) is 0 Å². The highest BCUT2D eigenvalue weighted by Gasteiger charge is 2.26. The van der Waals surface area contributed by atoms with E-state index < -0.39 is 0 Å². The minimum atomic E-state index is -0.211. The molecule has 2 N–H and O–H groups in total. The lowest BCUT2D eigenvalue weighted by Crippen LogP contribution is -2.36. The van der Waals surface area contributed by atoms with E-state index in [9.17, 15) is 9.59 Å². The Kier molecular flexibility index (Phi) is 4.81. The topological polar surface area (TPSA) is 65.2 Å². The fraction of sp³-hybridized carbons (Fsp3) is 0.130. The summed E-state index contributed by atoms with van der Waals surface area (Å²) in [7, 11) is 0. The third-order valence-electron chi connectivity index (χ3n) is 5.38. The monoisotopic (exact) mass is 435 g/mol. The van der Waals surface area contributed by atoms with Crippen LogP contribution in [0.5, 0.6) is 0 Å². The Morgan fingerprint density at radius 1 is 1.10 bits per heavy atom. The number of nitrogens with one attached hydrogen (secondary N) is 2.